The Morgan fingerprint density at radius 2 is 1.59 bits per heavy atom. The Bertz CT molecular complexity index is 1340. The summed E-state index contributed by atoms with van der Waals surface area (Å²) in [6.07, 6.45) is 2.90. The minimum Gasteiger partial charge on any atom is -0.619 e. The molecule has 32 heavy (non-hydrogen) atoms. The first-order valence-electron chi connectivity index (χ1n) is 10.2. The van der Waals surface area contributed by atoms with Crippen LogP contribution in [0.3, 0.4) is 0 Å². The van der Waals surface area contributed by atoms with Crippen LogP contribution in [0, 0.1) is 5.21 Å². The van der Waals surface area contributed by atoms with E-state index in [1.807, 2.05) is 34.4 Å². The molecular formula is C24H21N4O4+. The number of methoxy groups -OCH3 is 1. The number of imidazole rings is 1. The van der Waals surface area contributed by atoms with Gasteiger partial charge in [-0.05, 0) is 24.3 Å². The molecule has 2 aromatic heterocycles. The van der Waals surface area contributed by atoms with E-state index in [0.717, 1.165) is 27.2 Å². The molecule has 0 N–H and O–H groups in total. The van der Waals surface area contributed by atoms with Crippen molar-refractivity contribution in [2.24, 2.45) is 7.05 Å². The highest BCUT2D eigenvalue weighted by molar-refractivity contribution is 6.21. The van der Waals surface area contributed by atoms with Crippen LogP contribution in [-0.4, -0.2) is 28.4 Å². The van der Waals surface area contributed by atoms with Crippen LogP contribution in [0.1, 0.15) is 32.1 Å². The average molecular weight is 429 g/mol. The number of rotatable bonds is 5. The van der Waals surface area contributed by atoms with Crippen molar-refractivity contribution in [3.63, 3.8) is 0 Å². The summed E-state index contributed by atoms with van der Waals surface area (Å²) < 4.78 is 10.2. The van der Waals surface area contributed by atoms with Crippen molar-refractivity contribution in [3.8, 4) is 5.75 Å². The van der Waals surface area contributed by atoms with Crippen molar-refractivity contribution in [2.45, 2.75) is 13.1 Å². The number of pyridine rings is 1. The van der Waals surface area contributed by atoms with Crippen LogP contribution in [0.2, 0.25) is 0 Å². The summed E-state index contributed by atoms with van der Waals surface area (Å²) in [4.78, 5) is 27.2. The zero-order valence-corrected chi connectivity index (χ0v) is 17.7. The molecule has 160 valence electrons. The molecule has 0 radical (unpaired) electrons. The summed E-state index contributed by atoms with van der Waals surface area (Å²) in [6.45, 7) is 0.581. The first kappa shape index (κ1) is 19.7. The number of carbonyl (C=O) groups excluding carboxylic acids is 2. The van der Waals surface area contributed by atoms with Gasteiger partial charge in [0.15, 0.2) is 23.4 Å². The summed E-state index contributed by atoms with van der Waals surface area (Å²) in [5.74, 6) is 0.885. The molecular weight excluding hydrogens is 408 g/mol. The van der Waals surface area contributed by atoms with Crippen LogP contribution in [-0.2, 0) is 20.1 Å². The number of imide groups is 1. The Balaban J connectivity index is 1.62. The van der Waals surface area contributed by atoms with Crippen LogP contribution in [0.5, 0.6) is 5.75 Å². The van der Waals surface area contributed by atoms with Crippen LogP contribution >= 0.6 is 0 Å². The van der Waals surface area contributed by atoms with Crippen LogP contribution in [0.4, 0.5) is 0 Å². The van der Waals surface area contributed by atoms with E-state index in [0.29, 0.717) is 23.4 Å². The van der Waals surface area contributed by atoms with E-state index in [1.54, 1.807) is 43.5 Å². The molecule has 8 heteroatoms. The van der Waals surface area contributed by atoms with Crippen LogP contribution < -0.4 is 14.0 Å². The lowest BCUT2D eigenvalue weighted by Gasteiger charge is -2.13. The fourth-order valence-corrected chi connectivity index (χ4v) is 4.21. The minimum atomic E-state index is -0.299. The summed E-state index contributed by atoms with van der Waals surface area (Å²) in [5, 5.41) is 11.5. The van der Waals surface area contributed by atoms with Crippen molar-refractivity contribution < 1.29 is 23.6 Å². The Morgan fingerprint density at radius 1 is 0.938 bits per heavy atom. The molecule has 0 saturated heterocycles. The number of ether oxygens (including phenoxy) is 1. The number of fused-ring (bicyclic) bond motifs is 2. The number of aromatic nitrogens is 3. The quantitative estimate of drug-likeness (QED) is 0.276. The van der Waals surface area contributed by atoms with E-state index < -0.39 is 0 Å². The molecule has 0 spiro atoms. The van der Waals surface area contributed by atoms with Gasteiger partial charge in [-0.1, -0.05) is 12.1 Å². The third kappa shape index (κ3) is 3.08. The van der Waals surface area contributed by atoms with Gasteiger partial charge >= 0.3 is 0 Å². The van der Waals surface area contributed by atoms with E-state index in [9.17, 15) is 14.8 Å². The second kappa shape index (κ2) is 7.49. The van der Waals surface area contributed by atoms with Crippen molar-refractivity contribution in [1.82, 2.24) is 9.47 Å². The summed E-state index contributed by atoms with van der Waals surface area (Å²) >= 11 is 0. The van der Waals surface area contributed by atoms with Gasteiger partial charge in [0.25, 0.3) is 17.6 Å². The lowest BCUT2D eigenvalue weighted by atomic mass is 10.1. The van der Waals surface area contributed by atoms with E-state index in [-0.39, 0.29) is 18.4 Å². The number of amides is 2. The number of hydrogen-bond donors (Lipinski definition) is 0. The maximum atomic E-state index is 13.0. The second-order valence-corrected chi connectivity index (χ2v) is 7.72. The monoisotopic (exact) mass is 429 g/mol. The van der Waals surface area contributed by atoms with E-state index in [2.05, 4.69) is 0 Å². The SMILES string of the molecule is COc1ccc2c(c1)n(Cc1cc[n+]([O-])cc1)c(CN1C(=O)c3ccccc3C1=O)[n+]2C. The topological polar surface area (TPSA) is 82.4 Å². The summed E-state index contributed by atoms with van der Waals surface area (Å²) in [5.41, 5.74) is 3.60. The molecule has 2 amide bonds. The number of benzene rings is 2. The van der Waals surface area contributed by atoms with Gasteiger partial charge in [0, 0.05) is 23.8 Å². The summed E-state index contributed by atoms with van der Waals surface area (Å²) in [7, 11) is 3.52. The highest BCUT2D eigenvalue weighted by atomic mass is 16.5. The Hall–Kier alpha value is -4.20. The normalized spacial score (nSPS) is 13.1. The molecule has 0 saturated carbocycles. The highest BCUT2D eigenvalue weighted by Gasteiger charge is 2.38. The van der Waals surface area contributed by atoms with E-state index >= 15 is 0 Å². The lowest BCUT2D eigenvalue weighted by Crippen LogP contribution is -2.39. The maximum absolute atomic E-state index is 13.0. The average Bonchev–Trinajstić information content (AvgIpc) is 3.21. The third-order valence-electron chi connectivity index (χ3n) is 5.92. The van der Waals surface area contributed by atoms with Gasteiger partial charge in [-0.2, -0.15) is 4.73 Å². The molecule has 4 aromatic rings. The summed E-state index contributed by atoms with van der Waals surface area (Å²) in [6, 6.07) is 16.1. The molecule has 8 nitrogen and oxygen atoms in total. The number of carbonyl (C=O) groups is 2. The first-order chi connectivity index (χ1) is 15.5. The van der Waals surface area contributed by atoms with Gasteiger partial charge in [0.2, 0.25) is 0 Å². The van der Waals surface area contributed by atoms with Crippen molar-refractivity contribution in [2.75, 3.05) is 7.11 Å². The van der Waals surface area contributed by atoms with Crippen LogP contribution in [0.15, 0.2) is 67.0 Å². The highest BCUT2D eigenvalue weighted by Crippen LogP contribution is 2.26. The van der Waals surface area contributed by atoms with Gasteiger partial charge in [-0.3, -0.25) is 14.5 Å². The molecule has 0 unspecified atom stereocenters. The minimum absolute atomic E-state index is 0.119. The van der Waals surface area contributed by atoms with Crippen molar-refractivity contribution in [1.29, 1.82) is 0 Å². The Kier molecular flexibility index (Phi) is 4.62. The van der Waals surface area contributed by atoms with Gasteiger partial charge in [0.1, 0.15) is 18.8 Å². The first-order valence-corrected chi connectivity index (χ1v) is 10.2. The van der Waals surface area contributed by atoms with Crippen molar-refractivity contribution in [3.05, 3.63) is 94.7 Å². The number of aryl methyl sites for hydroxylation is 1. The number of hydrogen-bond acceptors (Lipinski definition) is 4. The molecule has 5 rings (SSSR count). The molecule has 0 aliphatic carbocycles. The maximum Gasteiger partial charge on any atom is 0.278 e. The smallest absolute Gasteiger partial charge is 0.278 e. The van der Waals surface area contributed by atoms with Gasteiger partial charge < -0.3 is 9.94 Å². The molecule has 1 aliphatic heterocycles. The van der Waals surface area contributed by atoms with Gasteiger partial charge in [-0.25, -0.2) is 9.13 Å². The largest absolute Gasteiger partial charge is 0.619 e. The van der Waals surface area contributed by atoms with Crippen molar-refractivity contribution >= 4 is 22.8 Å². The van der Waals surface area contributed by atoms with Gasteiger partial charge in [-0.15, -0.1) is 0 Å². The second-order valence-electron chi connectivity index (χ2n) is 7.72. The zero-order valence-electron chi connectivity index (χ0n) is 17.7. The molecule has 0 bridgehead atoms. The molecule has 1 aliphatic rings. The van der Waals surface area contributed by atoms with Gasteiger partial charge in [0.05, 0.1) is 25.3 Å². The molecule has 0 atom stereocenters. The van der Waals surface area contributed by atoms with E-state index in [4.69, 9.17) is 4.74 Å². The van der Waals surface area contributed by atoms with E-state index in [1.165, 1.54) is 17.3 Å². The third-order valence-corrected chi connectivity index (χ3v) is 5.92. The number of nitrogens with zero attached hydrogens (tertiary/aromatic N) is 4. The Labute approximate surface area is 184 Å². The molecule has 2 aromatic carbocycles. The molecule has 3 heterocycles. The standard InChI is InChI=1S/C24H21N4O4/c1-25-20-8-7-17(32-2)13-21(20)27(14-16-9-11-26(31)12-10-16)22(25)15-28-23(29)18-5-3-4-6-19(18)24(28)30/h3-13H,14-15H2,1-2H3/q+1. The Morgan fingerprint density at radius 3 is 2.22 bits per heavy atom. The lowest BCUT2D eigenvalue weighted by molar-refractivity contribution is -0.654. The molecule has 0 fully saturated rings. The zero-order chi connectivity index (χ0) is 22.4. The fourth-order valence-electron chi connectivity index (χ4n) is 4.21. The predicted octanol–water partition coefficient (Wildman–Crippen LogP) is 1.95. The van der Waals surface area contributed by atoms with Crippen LogP contribution in [0.25, 0.3) is 11.0 Å². The fraction of sp³-hybridized carbons (Fsp3) is 0.167. The predicted molar refractivity (Wildman–Crippen MR) is 115 cm³/mol.